The van der Waals surface area contributed by atoms with Crippen molar-refractivity contribution in [3.63, 3.8) is 0 Å². The van der Waals surface area contributed by atoms with E-state index in [1.54, 1.807) is 13.8 Å². The third kappa shape index (κ3) is 3.44. The average molecular weight is 309 g/mol. The topological polar surface area (TPSA) is 102 Å². The number of nitrogens with zero attached hydrogens (tertiary/aromatic N) is 2. The van der Waals surface area contributed by atoms with E-state index in [-0.39, 0.29) is 6.42 Å². The van der Waals surface area contributed by atoms with Crippen LogP contribution in [0, 0.1) is 13.8 Å². The molecule has 1 aromatic rings. The second-order valence-corrected chi connectivity index (χ2v) is 5.16. The summed E-state index contributed by atoms with van der Waals surface area (Å²) in [5, 5.41) is 6.33. The SMILES string of the molecule is Cc1noc(C)c1CCC(=O)O[C@H](C)C(=O)N1CCNC1=O. The van der Waals surface area contributed by atoms with Crippen LogP contribution < -0.4 is 5.32 Å². The van der Waals surface area contributed by atoms with Gasteiger partial charge in [-0.1, -0.05) is 5.16 Å². The van der Waals surface area contributed by atoms with E-state index in [2.05, 4.69) is 10.5 Å². The van der Waals surface area contributed by atoms with Crippen molar-refractivity contribution in [2.75, 3.05) is 13.1 Å². The van der Waals surface area contributed by atoms with Crippen molar-refractivity contribution in [3.05, 3.63) is 17.0 Å². The number of nitrogens with one attached hydrogen (secondary N) is 1. The summed E-state index contributed by atoms with van der Waals surface area (Å²) in [4.78, 5) is 36.3. The number of aryl methyl sites for hydroxylation is 2. The van der Waals surface area contributed by atoms with Gasteiger partial charge in [-0.15, -0.1) is 0 Å². The molecule has 0 bridgehead atoms. The molecule has 0 aromatic carbocycles. The average Bonchev–Trinajstić information content (AvgIpc) is 3.02. The Kier molecular flexibility index (Phi) is 4.79. The second-order valence-electron chi connectivity index (χ2n) is 5.16. The molecule has 1 atom stereocenters. The maximum atomic E-state index is 12.0. The largest absolute Gasteiger partial charge is 0.453 e. The van der Waals surface area contributed by atoms with Gasteiger partial charge in [-0.05, 0) is 27.2 Å². The number of carbonyl (C=O) groups excluding carboxylic acids is 3. The highest BCUT2D eigenvalue weighted by Crippen LogP contribution is 2.15. The Morgan fingerprint density at radius 3 is 2.73 bits per heavy atom. The number of ether oxygens (including phenoxy) is 1. The standard InChI is InChI=1S/C14H19N3O5/c1-8-11(9(2)22-16-8)4-5-12(18)21-10(3)13(19)17-7-6-15-14(17)20/h10H,4-7H2,1-3H3,(H,15,20)/t10-/m1/s1. The first kappa shape index (κ1) is 16.0. The Labute approximate surface area is 127 Å². The molecule has 2 heterocycles. The molecule has 0 unspecified atom stereocenters. The third-order valence-corrected chi connectivity index (χ3v) is 3.54. The van der Waals surface area contributed by atoms with Crippen molar-refractivity contribution in [1.29, 1.82) is 0 Å². The fourth-order valence-corrected chi connectivity index (χ4v) is 2.29. The van der Waals surface area contributed by atoms with Gasteiger partial charge in [-0.3, -0.25) is 14.5 Å². The molecule has 0 saturated carbocycles. The summed E-state index contributed by atoms with van der Waals surface area (Å²) < 4.78 is 10.1. The molecule has 1 aliphatic rings. The number of urea groups is 1. The minimum atomic E-state index is -0.985. The summed E-state index contributed by atoms with van der Waals surface area (Å²) in [6.45, 7) is 5.74. The Morgan fingerprint density at radius 1 is 1.45 bits per heavy atom. The van der Waals surface area contributed by atoms with Gasteiger partial charge in [-0.2, -0.15) is 0 Å². The first-order valence-electron chi connectivity index (χ1n) is 7.10. The molecule has 1 aliphatic heterocycles. The number of rotatable bonds is 5. The summed E-state index contributed by atoms with van der Waals surface area (Å²) in [6, 6.07) is -0.455. The number of aromatic nitrogens is 1. The highest BCUT2D eigenvalue weighted by atomic mass is 16.5. The Balaban J connectivity index is 1.84. The summed E-state index contributed by atoms with van der Waals surface area (Å²) in [5.41, 5.74) is 1.61. The number of hydrogen-bond acceptors (Lipinski definition) is 6. The van der Waals surface area contributed by atoms with Crippen molar-refractivity contribution in [3.8, 4) is 0 Å². The highest BCUT2D eigenvalue weighted by molar-refractivity contribution is 5.98. The number of carbonyl (C=O) groups is 3. The second kappa shape index (κ2) is 6.59. The molecule has 0 aliphatic carbocycles. The lowest BCUT2D eigenvalue weighted by molar-refractivity contribution is -0.157. The van der Waals surface area contributed by atoms with E-state index < -0.39 is 24.0 Å². The normalized spacial score (nSPS) is 15.6. The zero-order valence-electron chi connectivity index (χ0n) is 12.8. The van der Waals surface area contributed by atoms with Crippen LogP contribution >= 0.6 is 0 Å². The molecule has 8 heteroatoms. The van der Waals surface area contributed by atoms with Crippen molar-refractivity contribution in [2.24, 2.45) is 0 Å². The summed E-state index contributed by atoms with van der Waals surface area (Å²) in [5.74, 6) is -0.343. The van der Waals surface area contributed by atoms with E-state index in [9.17, 15) is 14.4 Å². The van der Waals surface area contributed by atoms with Crippen molar-refractivity contribution < 1.29 is 23.6 Å². The third-order valence-electron chi connectivity index (χ3n) is 3.54. The summed E-state index contributed by atoms with van der Waals surface area (Å²) >= 11 is 0. The monoisotopic (exact) mass is 309 g/mol. The van der Waals surface area contributed by atoms with E-state index >= 15 is 0 Å². The highest BCUT2D eigenvalue weighted by Gasteiger charge is 2.31. The zero-order chi connectivity index (χ0) is 16.3. The van der Waals surface area contributed by atoms with Crippen LogP contribution in [0.4, 0.5) is 4.79 Å². The van der Waals surface area contributed by atoms with Gasteiger partial charge in [0.05, 0.1) is 5.69 Å². The van der Waals surface area contributed by atoms with Gasteiger partial charge in [0.1, 0.15) is 5.76 Å². The molecule has 2 rings (SSSR count). The Morgan fingerprint density at radius 2 is 2.18 bits per heavy atom. The van der Waals surface area contributed by atoms with Crippen LogP contribution in [0.5, 0.6) is 0 Å². The van der Waals surface area contributed by atoms with Crippen molar-refractivity contribution in [2.45, 2.75) is 39.7 Å². The molecule has 8 nitrogen and oxygen atoms in total. The minimum Gasteiger partial charge on any atom is -0.453 e. The Hall–Kier alpha value is -2.38. The van der Waals surface area contributed by atoms with Crippen LogP contribution in [0.3, 0.4) is 0 Å². The van der Waals surface area contributed by atoms with Crippen LogP contribution in [0.2, 0.25) is 0 Å². The summed E-state index contributed by atoms with van der Waals surface area (Å²) in [7, 11) is 0. The van der Waals surface area contributed by atoms with Crippen LogP contribution in [-0.4, -0.2) is 47.2 Å². The van der Waals surface area contributed by atoms with Gasteiger partial charge in [0.15, 0.2) is 6.10 Å². The molecule has 1 N–H and O–H groups in total. The number of imide groups is 1. The molecule has 0 spiro atoms. The quantitative estimate of drug-likeness (QED) is 0.804. The molecule has 3 amide bonds. The molecular formula is C14H19N3O5. The predicted octanol–water partition coefficient (Wildman–Crippen LogP) is 0.708. The lowest BCUT2D eigenvalue weighted by Gasteiger charge is -2.18. The lowest BCUT2D eigenvalue weighted by atomic mass is 10.1. The molecule has 22 heavy (non-hydrogen) atoms. The fraction of sp³-hybridized carbons (Fsp3) is 0.571. The maximum Gasteiger partial charge on any atom is 0.324 e. The van der Waals surface area contributed by atoms with Gasteiger partial charge in [0.25, 0.3) is 5.91 Å². The van der Waals surface area contributed by atoms with Crippen molar-refractivity contribution in [1.82, 2.24) is 15.4 Å². The smallest absolute Gasteiger partial charge is 0.324 e. The molecule has 1 fully saturated rings. The molecule has 0 radical (unpaired) electrons. The van der Waals surface area contributed by atoms with E-state index in [0.717, 1.165) is 16.2 Å². The van der Waals surface area contributed by atoms with Gasteiger partial charge in [0.2, 0.25) is 0 Å². The summed E-state index contributed by atoms with van der Waals surface area (Å²) in [6.07, 6.45) is -0.432. The van der Waals surface area contributed by atoms with Crippen LogP contribution in [0.25, 0.3) is 0 Å². The van der Waals surface area contributed by atoms with Crippen molar-refractivity contribution >= 4 is 17.9 Å². The first-order chi connectivity index (χ1) is 10.4. The lowest BCUT2D eigenvalue weighted by Crippen LogP contribution is -2.41. The van der Waals surface area contributed by atoms with Gasteiger partial charge >= 0.3 is 12.0 Å². The van der Waals surface area contributed by atoms with Crippen LogP contribution in [0.1, 0.15) is 30.4 Å². The fourth-order valence-electron chi connectivity index (χ4n) is 2.29. The van der Waals surface area contributed by atoms with E-state index in [0.29, 0.717) is 25.3 Å². The first-order valence-corrected chi connectivity index (χ1v) is 7.10. The molecule has 1 saturated heterocycles. The predicted molar refractivity (Wildman–Crippen MR) is 75.0 cm³/mol. The maximum absolute atomic E-state index is 12.0. The van der Waals surface area contributed by atoms with Crippen LogP contribution in [0.15, 0.2) is 4.52 Å². The minimum absolute atomic E-state index is 0.118. The number of amides is 3. The van der Waals surface area contributed by atoms with E-state index in [1.165, 1.54) is 6.92 Å². The number of esters is 1. The molecule has 120 valence electrons. The van der Waals surface area contributed by atoms with E-state index in [4.69, 9.17) is 9.26 Å². The van der Waals surface area contributed by atoms with Crippen LogP contribution in [-0.2, 0) is 20.7 Å². The van der Waals surface area contributed by atoms with E-state index in [1.807, 2.05) is 0 Å². The van der Waals surface area contributed by atoms with Gasteiger partial charge < -0.3 is 14.6 Å². The van der Waals surface area contributed by atoms with Gasteiger partial charge in [0, 0.05) is 25.1 Å². The van der Waals surface area contributed by atoms with Gasteiger partial charge in [-0.25, -0.2) is 4.79 Å². The zero-order valence-corrected chi connectivity index (χ0v) is 12.8. The molecular weight excluding hydrogens is 290 g/mol. The Bertz CT molecular complexity index is 576. The molecule has 1 aromatic heterocycles. The number of hydrogen-bond donors (Lipinski definition) is 1.